The van der Waals surface area contributed by atoms with Gasteiger partial charge >= 0.3 is 5.97 Å². The molecule has 0 radical (unpaired) electrons. The number of benzene rings is 1. The fraction of sp³-hybridized carbons (Fsp3) is 0.536. The van der Waals surface area contributed by atoms with Crippen molar-refractivity contribution in [3.63, 3.8) is 0 Å². The van der Waals surface area contributed by atoms with Crippen LogP contribution in [0, 0.1) is 0 Å². The van der Waals surface area contributed by atoms with Crippen LogP contribution in [0.3, 0.4) is 0 Å². The van der Waals surface area contributed by atoms with Gasteiger partial charge in [-0.1, -0.05) is 18.2 Å². The molecule has 0 saturated heterocycles. The molecule has 1 atom stereocenters. The highest BCUT2D eigenvalue weighted by Crippen LogP contribution is 2.29. The van der Waals surface area contributed by atoms with Crippen LogP contribution in [0.2, 0.25) is 0 Å². The highest BCUT2D eigenvalue weighted by molar-refractivity contribution is 5.96. The van der Waals surface area contributed by atoms with E-state index < -0.39 is 28.7 Å². The SMILES string of the molecule is CN(C(=O)CCCC(=O)OC(C)(C)C)C1CCCCn2c1nc(C(=O)CCc1ccccc1N)c(O)c2=O. The van der Waals surface area contributed by atoms with Gasteiger partial charge in [0.05, 0.1) is 6.04 Å². The molecule has 1 amide bonds. The van der Waals surface area contributed by atoms with Crippen LogP contribution in [0.5, 0.6) is 5.75 Å². The molecule has 206 valence electrons. The number of ketones is 1. The minimum Gasteiger partial charge on any atom is -0.501 e. The number of hydrogen-bond donors (Lipinski definition) is 2. The number of aryl methyl sites for hydroxylation is 1. The lowest BCUT2D eigenvalue weighted by Crippen LogP contribution is -2.36. The number of hydrogen-bond acceptors (Lipinski definition) is 8. The molecule has 10 nitrogen and oxygen atoms in total. The van der Waals surface area contributed by atoms with E-state index in [2.05, 4.69) is 4.98 Å². The quantitative estimate of drug-likeness (QED) is 0.287. The van der Waals surface area contributed by atoms with E-state index in [-0.39, 0.29) is 42.7 Å². The molecule has 0 saturated carbocycles. The number of nitrogen functional groups attached to an aromatic ring is 1. The van der Waals surface area contributed by atoms with Crippen LogP contribution in [0.25, 0.3) is 0 Å². The van der Waals surface area contributed by atoms with Gasteiger partial charge in [-0.25, -0.2) is 4.98 Å². The van der Waals surface area contributed by atoms with E-state index in [1.54, 1.807) is 40.0 Å². The van der Waals surface area contributed by atoms with Gasteiger partial charge in [-0.3, -0.25) is 23.7 Å². The van der Waals surface area contributed by atoms with Gasteiger partial charge < -0.3 is 20.5 Å². The summed E-state index contributed by atoms with van der Waals surface area (Å²) in [6, 6.07) is 6.65. The van der Waals surface area contributed by atoms with Crippen LogP contribution in [0.4, 0.5) is 5.69 Å². The average Bonchev–Trinajstić information content (AvgIpc) is 3.06. The Kier molecular flexibility index (Phi) is 9.30. The number of fused-ring (bicyclic) bond motifs is 1. The van der Waals surface area contributed by atoms with Crippen molar-refractivity contribution in [2.24, 2.45) is 0 Å². The van der Waals surface area contributed by atoms with Gasteiger partial charge in [0, 0.05) is 38.5 Å². The molecule has 1 aliphatic rings. The highest BCUT2D eigenvalue weighted by Gasteiger charge is 2.31. The van der Waals surface area contributed by atoms with Gasteiger partial charge in [0.1, 0.15) is 11.4 Å². The van der Waals surface area contributed by atoms with Gasteiger partial charge in [0.25, 0.3) is 5.56 Å². The number of para-hydroxylation sites is 1. The van der Waals surface area contributed by atoms with E-state index in [0.717, 1.165) is 12.0 Å². The number of rotatable bonds is 9. The Hall–Kier alpha value is -3.69. The molecule has 2 aromatic rings. The molecule has 1 aliphatic heterocycles. The third-order valence-corrected chi connectivity index (χ3v) is 6.58. The first-order valence-electron chi connectivity index (χ1n) is 13.1. The van der Waals surface area contributed by atoms with Crippen molar-refractivity contribution >= 4 is 23.3 Å². The van der Waals surface area contributed by atoms with Crippen molar-refractivity contribution in [3.8, 4) is 5.75 Å². The Morgan fingerprint density at radius 1 is 1.16 bits per heavy atom. The summed E-state index contributed by atoms with van der Waals surface area (Å²) in [6.45, 7) is 5.70. The van der Waals surface area contributed by atoms with Crippen molar-refractivity contribution in [2.45, 2.75) is 90.3 Å². The molecule has 0 aliphatic carbocycles. The fourth-order valence-corrected chi connectivity index (χ4v) is 4.58. The van der Waals surface area contributed by atoms with Crippen molar-refractivity contribution < 1.29 is 24.2 Å². The minimum atomic E-state index is -0.685. The Labute approximate surface area is 222 Å². The summed E-state index contributed by atoms with van der Waals surface area (Å²) in [6.07, 6.45) is 2.89. The largest absolute Gasteiger partial charge is 0.501 e. The van der Waals surface area contributed by atoms with E-state index in [4.69, 9.17) is 10.5 Å². The molecule has 1 aromatic carbocycles. The normalized spacial score (nSPS) is 15.3. The summed E-state index contributed by atoms with van der Waals surface area (Å²) in [5.74, 6) is -1.43. The number of carbonyl (C=O) groups is 3. The van der Waals surface area contributed by atoms with Crippen LogP contribution in [0.15, 0.2) is 29.1 Å². The number of amides is 1. The Morgan fingerprint density at radius 2 is 1.87 bits per heavy atom. The topological polar surface area (TPSA) is 145 Å². The zero-order valence-corrected chi connectivity index (χ0v) is 22.7. The second kappa shape index (κ2) is 12.2. The van der Waals surface area contributed by atoms with Gasteiger partial charge in [-0.05, 0) is 64.5 Å². The fourth-order valence-electron chi connectivity index (χ4n) is 4.58. The maximum absolute atomic E-state index is 13.1. The Morgan fingerprint density at radius 3 is 2.55 bits per heavy atom. The van der Waals surface area contributed by atoms with Crippen molar-refractivity contribution in [3.05, 3.63) is 51.7 Å². The van der Waals surface area contributed by atoms with Gasteiger partial charge in [0.15, 0.2) is 11.5 Å². The number of carbonyl (C=O) groups excluding carboxylic acids is 3. The van der Waals surface area contributed by atoms with Crippen LogP contribution < -0.4 is 11.3 Å². The molecule has 1 aromatic heterocycles. The number of esters is 1. The summed E-state index contributed by atoms with van der Waals surface area (Å²) < 4.78 is 6.66. The van der Waals surface area contributed by atoms with E-state index in [1.165, 1.54) is 9.47 Å². The molecular weight excluding hydrogens is 488 g/mol. The second-order valence-electron chi connectivity index (χ2n) is 10.7. The molecule has 38 heavy (non-hydrogen) atoms. The third kappa shape index (κ3) is 7.20. The van der Waals surface area contributed by atoms with E-state index in [0.29, 0.717) is 37.9 Å². The van der Waals surface area contributed by atoms with Crippen molar-refractivity contribution in [2.75, 3.05) is 12.8 Å². The number of nitrogens with zero attached hydrogens (tertiary/aromatic N) is 3. The highest BCUT2D eigenvalue weighted by atomic mass is 16.6. The molecule has 0 fully saturated rings. The van der Waals surface area contributed by atoms with Gasteiger partial charge in [-0.15, -0.1) is 0 Å². The first-order valence-corrected chi connectivity index (χ1v) is 13.1. The molecule has 1 unspecified atom stereocenters. The molecule has 10 heteroatoms. The van der Waals surface area contributed by atoms with Crippen LogP contribution >= 0.6 is 0 Å². The van der Waals surface area contributed by atoms with Crippen LogP contribution in [0.1, 0.15) is 93.6 Å². The predicted octanol–water partition coefficient (Wildman–Crippen LogP) is 3.54. The predicted molar refractivity (Wildman–Crippen MR) is 143 cm³/mol. The number of nitrogens with two attached hydrogens (primary N) is 1. The molecule has 3 N–H and O–H groups in total. The Balaban J connectivity index is 1.78. The smallest absolute Gasteiger partial charge is 0.306 e. The number of anilines is 1. The summed E-state index contributed by atoms with van der Waals surface area (Å²) in [5, 5.41) is 10.6. The van der Waals surface area contributed by atoms with Crippen molar-refractivity contribution in [1.29, 1.82) is 0 Å². The van der Waals surface area contributed by atoms with E-state index in [1.807, 2.05) is 12.1 Å². The van der Waals surface area contributed by atoms with E-state index in [9.17, 15) is 24.3 Å². The lowest BCUT2D eigenvalue weighted by molar-refractivity contribution is -0.155. The second-order valence-corrected chi connectivity index (χ2v) is 10.7. The maximum atomic E-state index is 13.1. The summed E-state index contributed by atoms with van der Waals surface area (Å²) in [5.41, 5.74) is 5.77. The molecule has 0 spiro atoms. The van der Waals surface area contributed by atoms with Gasteiger partial charge in [0.2, 0.25) is 11.7 Å². The zero-order valence-electron chi connectivity index (χ0n) is 22.7. The molecule has 3 rings (SSSR count). The number of aromatic hydroxyl groups is 1. The number of Topliss-reactive ketones (excluding diaryl/α,β-unsaturated/α-hetero) is 1. The van der Waals surface area contributed by atoms with E-state index >= 15 is 0 Å². The summed E-state index contributed by atoms with van der Waals surface area (Å²) >= 11 is 0. The van der Waals surface area contributed by atoms with Crippen LogP contribution in [-0.2, 0) is 27.3 Å². The molecular formula is C28H38N4O6. The maximum Gasteiger partial charge on any atom is 0.306 e. The monoisotopic (exact) mass is 526 g/mol. The summed E-state index contributed by atoms with van der Waals surface area (Å²) in [7, 11) is 1.63. The first-order chi connectivity index (χ1) is 17.9. The summed E-state index contributed by atoms with van der Waals surface area (Å²) in [4.78, 5) is 57.1. The minimum absolute atomic E-state index is 0.0156. The average molecular weight is 527 g/mol. The zero-order chi connectivity index (χ0) is 28.0. The number of ether oxygens (including phenoxy) is 1. The lowest BCUT2D eigenvalue weighted by atomic mass is 10.0. The Bertz CT molecular complexity index is 1250. The lowest BCUT2D eigenvalue weighted by Gasteiger charge is -2.28. The van der Waals surface area contributed by atoms with Crippen molar-refractivity contribution in [1.82, 2.24) is 14.5 Å². The third-order valence-electron chi connectivity index (χ3n) is 6.58. The first kappa shape index (κ1) is 28.9. The molecule has 0 bridgehead atoms. The van der Waals surface area contributed by atoms with Gasteiger partial charge in [-0.2, -0.15) is 0 Å². The molecule has 2 heterocycles. The standard InChI is InChI=1S/C28H38N4O6/c1-28(2,3)38-23(35)14-9-13-22(34)31(4)20-12-7-8-17-32-26(20)30-24(25(36)27(32)37)21(33)16-15-18-10-5-6-11-19(18)29/h5-6,10-11,20,36H,7-9,12-17,29H2,1-4H3. The number of aromatic nitrogens is 2. The van der Waals surface area contributed by atoms with Crippen LogP contribution in [-0.4, -0.2) is 49.9 Å².